The van der Waals surface area contributed by atoms with Crippen molar-refractivity contribution >= 4 is 33.7 Å². The van der Waals surface area contributed by atoms with Crippen molar-refractivity contribution in [1.82, 2.24) is 9.88 Å². The van der Waals surface area contributed by atoms with Gasteiger partial charge in [0.1, 0.15) is 5.82 Å². The summed E-state index contributed by atoms with van der Waals surface area (Å²) in [4.78, 5) is 33.6. The smallest absolute Gasteiger partial charge is 0.407 e. The molecule has 0 aliphatic carbocycles. The summed E-state index contributed by atoms with van der Waals surface area (Å²) in [6.45, 7) is 8.47. The van der Waals surface area contributed by atoms with E-state index in [2.05, 4.69) is 20.9 Å². The van der Waals surface area contributed by atoms with Gasteiger partial charge in [0.05, 0.1) is 12.1 Å². The van der Waals surface area contributed by atoms with Crippen molar-refractivity contribution in [3.8, 4) is 0 Å². The molecule has 1 aliphatic heterocycles. The first-order valence-electron chi connectivity index (χ1n) is 10.1. The highest BCUT2D eigenvalue weighted by molar-refractivity contribution is 9.10. The van der Waals surface area contributed by atoms with E-state index in [1.807, 2.05) is 52.0 Å². The molecule has 1 aliphatic rings. The van der Waals surface area contributed by atoms with Crippen LogP contribution < -0.4 is 4.90 Å². The number of rotatable bonds is 3. The van der Waals surface area contributed by atoms with Crippen LogP contribution in [-0.4, -0.2) is 45.6 Å². The van der Waals surface area contributed by atoms with Gasteiger partial charge in [-0.25, -0.2) is 9.78 Å². The van der Waals surface area contributed by atoms with Gasteiger partial charge in [-0.2, -0.15) is 0 Å². The quantitative estimate of drug-likeness (QED) is 0.651. The lowest BCUT2D eigenvalue weighted by molar-refractivity contribution is 0.0431. The maximum Gasteiger partial charge on any atom is 0.407 e. The molecule has 1 fully saturated rings. The summed E-state index contributed by atoms with van der Waals surface area (Å²) in [7, 11) is 0. The predicted molar refractivity (Wildman–Crippen MR) is 121 cm³/mol. The lowest BCUT2D eigenvalue weighted by atomic mass is 9.77. The third kappa shape index (κ3) is 4.51. The topological polar surface area (TPSA) is 73.7 Å². The van der Waals surface area contributed by atoms with Gasteiger partial charge in [0.15, 0.2) is 0 Å². The van der Waals surface area contributed by atoms with Crippen molar-refractivity contribution < 1.29 is 14.7 Å². The Balaban J connectivity index is 2.15. The Morgan fingerprint density at radius 1 is 1.20 bits per heavy atom. The Bertz CT molecular complexity index is 924. The van der Waals surface area contributed by atoms with Gasteiger partial charge in [0, 0.05) is 22.8 Å². The zero-order chi connectivity index (χ0) is 22.1. The van der Waals surface area contributed by atoms with Crippen LogP contribution in [0.5, 0.6) is 0 Å². The van der Waals surface area contributed by atoms with Crippen LogP contribution in [0.2, 0.25) is 0 Å². The molecule has 1 aromatic carbocycles. The number of carbonyl (C=O) groups is 2. The van der Waals surface area contributed by atoms with Crippen LogP contribution in [0.4, 0.5) is 10.6 Å². The van der Waals surface area contributed by atoms with Crippen LogP contribution in [0, 0.1) is 12.3 Å². The average Bonchev–Trinajstić information content (AvgIpc) is 2.69. The van der Waals surface area contributed by atoms with Crippen molar-refractivity contribution in [1.29, 1.82) is 0 Å². The number of aryl methyl sites for hydroxylation is 1. The Morgan fingerprint density at radius 2 is 1.87 bits per heavy atom. The Morgan fingerprint density at radius 3 is 2.43 bits per heavy atom. The molecule has 0 bridgehead atoms. The predicted octanol–water partition coefficient (Wildman–Crippen LogP) is 5.36. The van der Waals surface area contributed by atoms with Gasteiger partial charge in [0.25, 0.3) is 5.91 Å². The van der Waals surface area contributed by atoms with Crippen molar-refractivity contribution in [2.45, 2.75) is 52.6 Å². The zero-order valence-electron chi connectivity index (χ0n) is 17.8. The van der Waals surface area contributed by atoms with E-state index in [9.17, 15) is 14.7 Å². The van der Waals surface area contributed by atoms with E-state index in [1.54, 1.807) is 23.2 Å². The largest absolute Gasteiger partial charge is 0.465 e. The van der Waals surface area contributed by atoms with E-state index in [1.165, 1.54) is 4.90 Å². The molecular formula is C23H28BrN3O3. The third-order valence-corrected chi connectivity index (χ3v) is 6.11. The number of hydrogen-bond donors (Lipinski definition) is 1. The fraction of sp³-hybridized carbons (Fsp3) is 0.435. The molecule has 3 rings (SSSR count). The first-order valence-corrected chi connectivity index (χ1v) is 10.9. The van der Waals surface area contributed by atoms with Gasteiger partial charge in [0.2, 0.25) is 0 Å². The molecule has 6 nitrogen and oxygen atoms in total. The third-order valence-electron chi connectivity index (χ3n) is 5.58. The molecule has 7 heteroatoms. The second-order valence-corrected chi connectivity index (χ2v) is 9.74. The second-order valence-electron chi connectivity index (χ2n) is 8.82. The van der Waals surface area contributed by atoms with E-state index in [4.69, 9.17) is 0 Å². The van der Waals surface area contributed by atoms with Crippen molar-refractivity contribution in [3.63, 3.8) is 0 Å². The fourth-order valence-electron chi connectivity index (χ4n) is 4.37. The number of aromatic nitrogens is 1. The molecule has 2 atom stereocenters. The maximum atomic E-state index is 13.8. The van der Waals surface area contributed by atoms with E-state index in [0.29, 0.717) is 30.8 Å². The van der Waals surface area contributed by atoms with Crippen LogP contribution in [0.25, 0.3) is 0 Å². The number of amides is 2. The maximum absolute atomic E-state index is 13.8. The van der Waals surface area contributed by atoms with Crippen LogP contribution in [0.15, 0.2) is 47.1 Å². The number of nitrogens with zero attached hydrogens (tertiary/aromatic N) is 3. The lowest BCUT2D eigenvalue weighted by Crippen LogP contribution is -2.63. The normalized spacial score (nSPS) is 19.4. The fourth-order valence-corrected chi connectivity index (χ4v) is 4.63. The van der Waals surface area contributed by atoms with Crippen LogP contribution >= 0.6 is 15.9 Å². The number of hydrogen-bond acceptors (Lipinski definition) is 3. The molecule has 1 unspecified atom stereocenters. The van der Waals surface area contributed by atoms with Crippen molar-refractivity contribution in [2.75, 3.05) is 11.4 Å². The van der Waals surface area contributed by atoms with Gasteiger partial charge < -0.3 is 10.0 Å². The number of pyridine rings is 1. The van der Waals surface area contributed by atoms with E-state index >= 15 is 0 Å². The van der Waals surface area contributed by atoms with Crippen molar-refractivity contribution in [3.05, 3.63) is 58.2 Å². The van der Waals surface area contributed by atoms with E-state index < -0.39 is 6.09 Å². The number of likely N-dealkylation sites (tertiary alicyclic amines) is 1. The number of carbonyl (C=O) groups excluding carboxylic acids is 1. The highest BCUT2D eigenvalue weighted by Gasteiger charge is 2.46. The molecule has 2 aromatic rings. The second kappa shape index (κ2) is 8.76. The van der Waals surface area contributed by atoms with Crippen LogP contribution in [0.1, 0.15) is 49.5 Å². The van der Waals surface area contributed by atoms with Crippen LogP contribution in [-0.2, 0) is 0 Å². The Hall–Kier alpha value is -2.41. The minimum absolute atomic E-state index is 0.171. The first kappa shape index (κ1) is 22.3. The highest BCUT2D eigenvalue weighted by Crippen LogP contribution is 2.37. The molecule has 1 aromatic heterocycles. The van der Waals surface area contributed by atoms with Crippen LogP contribution in [0.3, 0.4) is 0 Å². The summed E-state index contributed by atoms with van der Waals surface area (Å²) in [5.41, 5.74) is 1.07. The number of benzene rings is 1. The molecule has 1 saturated heterocycles. The van der Waals surface area contributed by atoms with Gasteiger partial charge in [-0.3, -0.25) is 9.69 Å². The lowest BCUT2D eigenvalue weighted by Gasteiger charge is -2.50. The molecule has 2 heterocycles. The number of anilines is 1. The molecule has 0 spiro atoms. The molecule has 30 heavy (non-hydrogen) atoms. The number of carboxylic acid groups (broad SMARTS) is 1. The standard InChI is InChI=1S/C23H28BrN3O3/c1-15-7-5-13-25-20(15)27(21(28)16-9-11-17(24)12-10-16)18-8-6-14-26(22(29)30)19(18)23(2,3)4/h5,7,9-13,18-19H,6,8,14H2,1-4H3,(H,29,30)/t18-,19?/m1/s1. The summed E-state index contributed by atoms with van der Waals surface area (Å²) in [6, 6.07) is 10.3. The molecule has 2 amide bonds. The molecular weight excluding hydrogens is 446 g/mol. The Labute approximate surface area is 186 Å². The van der Waals surface area contributed by atoms with Gasteiger partial charge in [-0.1, -0.05) is 42.8 Å². The van der Waals surface area contributed by atoms with Gasteiger partial charge in [-0.05, 0) is 61.1 Å². The monoisotopic (exact) mass is 473 g/mol. The summed E-state index contributed by atoms with van der Waals surface area (Å²) in [6.07, 6.45) is 2.13. The molecule has 0 radical (unpaired) electrons. The van der Waals surface area contributed by atoms with E-state index in [-0.39, 0.29) is 23.4 Å². The summed E-state index contributed by atoms with van der Waals surface area (Å²) < 4.78 is 0.891. The van der Waals surface area contributed by atoms with Gasteiger partial charge >= 0.3 is 6.09 Å². The SMILES string of the molecule is Cc1cccnc1N(C(=O)c1ccc(Br)cc1)[C@@H]1CCCN(C(=O)O)C1C(C)(C)C. The summed E-state index contributed by atoms with van der Waals surface area (Å²) >= 11 is 3.42. The molecule has 0 saturated carbocycles. The number of piperidine rings is 1. The van der Waals surface area contributed by atoms with Crippen molar-refractivity contribution in [2.24, 2.45) is 5.41 Å². The first-order chi connectivity index (χ1) is 14.1. The van der Waals surface area contributed by atoms with Gasteiger partial charge in [-0.15, -0.1) is 0 Å². The minimum atomic E-state index is -0.951. The zero-order valence-corrected chi connectivity index (χ0v) is 19.4. The average molecular weight is 474 g/mol. The summed E-state index contributed by atoms with van der Waals surface area (Å²) in [5.74, 6) is 0.410. The highest BCUT2D eigenvalue weighted by atomic mass is 79.9. The minimum Gasteiger partial charge on any atom is -0.465 e. The van der Waals surface area contributed by atoms with E-state index in [0.717, 1.165) is 10.0 Å². The number of halogens is 1. The molecule has 160 valence electrons. The summed E-state index contributed by atoms with van der Waals surface area (Å²) in [5, 5.41) is 9.88. The molecule has 1 N–H and O–H groups in total. The Kier molecular flexibility index (Phi) is 6.50.